The summed E-state index contributed by atoms with van der Waals surface area (Å²) in [4.78, 5) is 40.5. The van der Waals surface area contributed by atoms with Gasteiger partial charge in [-0.3, -0.25) is 19.2 Å². The summed E-state index contributed by atoms with van der Waals surface area (Å²) < 4.78 is 72.7. The zero-order chi connectivity index (χ0) is 35.4. The van der Waals surface area contributed by atoms with Gasteiger partial charge in [-0.2, -0.15) is 28.4 Å². The molecule has 2 aliphatic carbocycles. The maximum absolute atomic E-state index is 14.2. The number of nitrogens with one attached hydrogen (secondary N) is 2. The molecule has 1 unspecified atom stereocenters. The Labute approximate surface area is 286 Å². The summed E-state index contributed by atoms with van der Waals surface area (Å²) in [6.45, 7) is 3.86. The van der Waals surface area contributed by atoms with Crippen LogP contribution < -0.4 is 15.5 Å². The Morgan fingerprint density at radius 1 is 1.14 bits per heavy atom. The largest absolute Gasteiger partial charge is 0.393 e. The van der Waals surface area contributed by atoms with E-state index in [2.05, 4.69) is 32.6 Å². The lowest BCUT2D eigenvalue weighted by atomic mass is 9.81. The van der Waals surface area contributed by atoms with Gasteiger partial charge in [0.1, 0.15) is 11.4 Å². The summed E-state index contributed by atoms with van der Waals surface area (Å²) in [5, 5.41) is 14.5. The van der Waals surface area contributed by atoms with Crippen LogP contribution in [0.25, 0.3) is 5.78 Å². The number of hydrogen-bond donors (Lipinski definition) is 2. The van der Waals surface area contributed by atoms with Gasteiger partial charge in [0, 0.05) is 70.1 Å². The second-order valence-electron chi connectivity index (χ2n) is 14.4. The molecule has 2 saturated heterocycles. The Bertz CT molecular complexity index is 1710. The highest BCUT2D eigenvalue weighted by Crippen LogP contribution is 2.42. The Morgan fingerprint density at radius 2 is 1.90 bits per heavy atom. The number of aromatic nitrogens is 6. The van der Waals surface area contributed by atoms with Crippen LogP contribution in [0.4, 0.5) is 27.8 Å². The molecule has 0 aromatic carbocycles. The van der Waals surface area contributed by atoms with E-state index in [0.29, 0.717) is 48.5 Å². The van der Waals surface area contributed by atoms with Gasteiger partial charge in [-0.15, -0.1) is 0 Å². The zero-order valence-corrected chi connectivity index (χ0v) is 28.2. The molecule has 2 amide bonds. The second kappa shape index (κ2) is 13.3. The van der Waals surface area contributed by atoms with Crippen LogP contribution in [0.5, 0.6) is 0 Å². The number of halogens is 5. The molecule has 5 heterocycles. The average Bonchev–Trinajstić information content (AvgIpc) is 3.65. The van der Waals surface area contributed by atoms with Crippen LogP contribution in [0, 0.1) is 23.7 Å². The molecule has 3 aromatic heterocycles. The van der Waals surface area contributed by atoms with Crippen molar-refractivity contribution in [2.24, 2.45) is 23.7 Å². The Morgan fingerprint density at radius 3 is 2.60 bits per heavy atom. The van der Waals surface area contributed by atoms with Crippen molar-refractivity contribution in [3.05, 3.63) is 35.5 Å². The van der Waals surface area contributed by atoms with Crippen LogP contribution in [0.3, 0.4) is 0 Å². The Hall–Kier alpha value is -3.89. The van der Waals surface area contributed by atoms with Gasteiger partial charge in [-0.25, -0.2) is 18.3 Å². The number of imidazole rings is 1. The molecule has 2 N–H and O–H groups in total. The molecule has 4 fully saturated rings. The van der Waals surface area contributed by atoms with E-state index in [1.807, 2.05) is 6.92 Å². The van der Waals surface area contributed by atoms with E-state index < -0.39 is 48.3 Å². The first-order valence-electron chi connectivity index (χ1n) is 17.6. The third-order valence-electron chi connectivity index (χ3n) is 11.0. The molecule has 0 radical (unpaired) electrons. The minimum absolute atomic E-state index is 0.0521. The number of fused-ring (bicyclic) bond motifs is 1. The van der Waals surface area contributed by atoms with E-state index in [9.17, 15) is 31.5 Å². The lowest BCUT2D eigenvalue weighted by Crippen LogP contribution is -2.53. The Kier molecular flexibility index (Phi) is 9.22. The van der Waals surface area contributed by atoms with Gasteiger partial charge < -0.3 is 15.5 Å². The number of likely N-dealkylation sites (N-methyl/N-ethyl adjacent to an activating group) is 1. The number of alkyl halides is 5. The molecule has 4 atom stereocenters. The summed E-state index contributed by atoms with van der Waals surface area (Å²) >= 11 is 0. The fraction of sp³-hybridized carbons (Fsp3) is 0.697. The monoisotopic (exact) mass is 706 g/mol. The van der Waals surface area contributed by atoms with Gasteiger partial charge >= 0.3 is 6.18 Å². The number of nitrogens with zero attached hydrogens (tertiary/aromatic N) is 8. The predicted molar refractivity (Wildman–Crippen MR) is 172 cm³/mol. The highest BCUT2D eigenvalue weighted by molar-refractivity contribution is 5.92. The van der Waals surface area contributed by atoms with Crippen molar-refractivity contribution in [2.75, 3.05) is 38.1 Å². The van der Waals surface area contributed by atoms with Crippen molar-refractivity contribution in [1.82, 2.24) is 44.9 Å². The summed E-state index contributed by atoms with van der Waals surface area (Å²) in [5.41, 5.74) is 1.10. The van der Waals surface area contributed by atoms with Crippen molar-refractivity contribution in [3.63, 3.8) is 0 Å². The molecule has 0 spiro atoms. The van der Waals surface area contributed by atoms with E-state index in [1.165, 1.54) is 10.7 Å². The first-order valence-corrected chi connectivity index (χ1v) is 17.6. The van der Waals surface area contributed by atoms with E-state index in [4.69, 9.17) is 15.1 Å². The van der Waals surface area contributed by atoms with Crippen LogP contribution in [-0.2, 0) is 17.8 Å². The van der Waals surface area contributed by atoms with Gasteiger partial charge in [-0.05, 0) is 64.0 Å². The minimum Gasteiger partial charge on any atom is -0.355 e. The van der Waals surface area contributed by atoms with Gasteiger partial charge in [-0.1, -0.05) is 0 Å². The fourth-order valence-corrected chi connectivity index (χ4v) is 7.86. The molecular weight excluding hydrogens is 663 g/mol. The molecular formula is C33H43F5N10O2. The van der Waals surface area contributed by atoms with Crippen molar-refractivity contribution in [2.45, 2.75) is 89.0 Å². The van der Waals surface area contributed by atoms with Crippen LogP contribution in [-0.4, -0.2) is 97.4 Å². The van der Waals surface area contributed by atoms with Gasteiger partial charge in [0.25, 0.3) is 11.7 Å². The van der Waals surface area contributed by atoms with Crippen molar-refractivity contribution in [3.8, 4) is 0 Å². The van der Waals surface area contributed by atoms with E-state index in [0.717, 1.165) is 19.4 Å². The first-order chi connectivity index (χ1) is 23.8. The number of anilines is 1. The SMILES string of the molecule is CCn1nccc1C(=O)N[C@H](c1cn2nc(C[C@H]3C[C@@H](C(F)(F)F)CNC3=O)c(N3CCN(C)C(C4CC4)C3)nc2n1)C1CCC(F)(F)CC1. The van der Waals surface area contributed by atoms with Crippen LogP contribution in [0.1, 0.15) is 79.8 Å². The number of piperazine rings is 1. The number of piperidine rings is 1. The molecule has 2 saturated carbocycles. The van der Waals surface area contributed by atoms with Crippen LogP contribution in [0.15, 0.2) is 18.5 Å². The molecule has 50 heavy (non-hydrogen) atoms. The molecule has 17 heteroatoms. The number of carbonyl (C=O) groups excluding carboxylic acids is 2. The summed E-state index contributed by atoms with van der Waals surface area (Å²) in [5.74, 6) is -5.40. The third kappa shape index (κ3) is 7.15. The summed E-state index contributed by atoms with van der Waals surface area (Å²) in [7, 11) is 2.09. The summed E-state index contributed by atoms with van der Waals surface area (Å²) in [6, 6.07) is 1.12. The molecule has 4 aliphatic rings. The number of carbonyl (C=O) groups is 2. The second-order valence-corrected chi connectivity index (χ2v) is 14.4. The summed E-state index contributed by atoms with van der Waals surface area (Å²) in [6.07, 6.45) is 0.216. The van der Waals surface area contributed by atoms with Crippen molar-refractivity contribution < 1.29 is 31.5 Å². The molecule has 0 bridgehead atoms. The van der Waals surface area contributed by atoms with E-state index in [-0.39, 0.29) is 56.3 Å². The maximum Gasteiger partial charge on any atom is 0.393 e. The van der Waals surface area contributed by atoms with E-state index in [1.54, 1.807) is 16.9 Å². The van der Waals surface area contributed by atoms with E-state index >= 15 is 0 Å². The molecule has 3 aromatic rings. The highest BCUT2D eigenvalue weighted by Gasteiger charge is 2.46. The highest BCUT2D eigenvalue weighted by atomic mass is 19.4. The Balaban J connectivity index is 1.25. The third-order valence-corrected chi connectivity index (χ3v) is 11.0. The van der Waals surface area contributed by atoms with Gasteiger partial charge in [0.2, 0.25) is 11.8 Å². The van der Waals surface area contributed by atoms with Crippen LogP contribution >= 0.6 is 0 Å². The smallest absolute Gasteiger partial charge is 0.355 e. The fourth-order valence-electron chi connectivity index (χ4n) is 7.86. The minimum atomic E-state index is -4.45. The van der Waals surface area contributed by atoms with Gasteiger partial charge in [0.15, 0.2) is 5.82 Å². The average molecular weight is 707 g/mol. The first kappa shape index (κ1) is 34.6. The zero-order valence-electron chi connectivity index (χ0n) is 28.2. The molecule has 12 nitrogen and oxygen atoms in total. The van der Waals surface area contributed by atoms with Crippen molar-refractivity contribution in [1.29, 1.82) is 0 Å². The number of aryl methyl sites for hydroxylation is 1. The standard InChI is InChI=1S/C33H43F5N10O2/c1-3-47-25(8-11-40-47)30(50)42-27(20-6-9-32(34,35)10-7-20)24-17-48-31(41-24)43-28(46-13-12-45(2)26(18-46)19-4-5-19)23(44-48)15-21-14-22(33(36,37)38)16-39-29(21)49/h8,11,17,19-22,26-27H,3-7,9-10,12-16,18H2,1-2H3,(H,39,49)(H,42,50)/t21-,22-,26?,27+/m1/s1. The molecule has 272 valence electrons. The lowest BCUT2D eigenvalue weighted by Gasteiger charge is -2.41. The normalized spacial score (nSPS) is 25.9. The quantitative estimate of drug-likeness (QED) is 0.320. The van der Waals surface area contributed by atoms with Gasteiger partial charge in [0.05, 0.1) is 23.9 Å². The number of amides is 2. The number of hydrogen-bond acceptors (Lipinski definition) is 8. The predicted octanol–water partition coefficient (Wildman–Crippen LogP) is 4.02. The van der Waals surface area contributed by atoms with Crippen LogP contribution in [0.2, 0.25) is 0 Å². The lowest BCUT2D eigenvalue weighted by molar-refractivity contribution is -0.183. The molecule has 7 rings (SSSR count). The number of rotatable bonds is 9. The van der Waals surface area contributed by atoms with Crippen molar-refractivity contribution >= 4 is 23.4 Å². The topological polar surface area (TPSA) is 126 Å². The molecule has 2 aliphatic heterocycles. The maximum atomic E-state index is 14.2.